The summed E-state index contributed by atoms with van der Waals surface area (Å²) >= 11 is 0. The number of nitrogens with zero attached hydrogens (tertiary/aromatic N) is 1. The number of rotatable bonds is 2. The van der Waals surface area contributed by atoms with Crippen LogP contribution in [0.15, 0.2) is 4.52 Å². The first-order valence-electron chi connectivity index (χ1n) is 5.34. The van der Waals surface area contributed by atoms with Gasteiger partial charge in [0.2, 0.25) is 0 Å². The quantitative estimate of drug-likeness (QED) is 0.783. The van der Waals surface area contributed by atoms with Crippen LogP contribution in [-0.2, 0) is 13.0 Å². The summed E-state index contributed by atoms with van der Waals surface area (Å²) in [7, 11) is 1.94. The molecule has 0 bridgehead atoms. The van der Waals surface area contributed by atoms with Gasteiger partial charge in [0.25, 0.3) is 0 Å². The van der Waals surface area contributed by atoms with E-state index in [0.29, 0.717) is 5.92 Å². The zero-order valence-corrected chi connectivity index (χ0v) is 9.13. The molecular weight excluding hydrogens is 176 g/mol. The third-order valence-corrected chi connectivity index (χ3v) is 3.00. The number of hydrogen-bond acceptors (Lipinski definition) is 3. The van der Waals surface area contributed by atoms with Gasteiger partial charge < -0.3 is 9.84 Å². The summed E-state index contributed by atoms with van der Waals surface area (Å²) in [6.07, 6.45) is 2.35. The Kier molecular flexibility index (Phi) is 2.59. The maximum atomic E-state index is 5.41. The molecule has 0 aromatic carbocycles. The molecule has 1 heterocycles. The minimum atomic E-state index is 0.534. The van der Waals surface area contributed by atoms with Crippen molar-refractivity contribution in [3.05, 3.63) is 17.0 Å². The fourth-order valence-corrected chi connectivity index (χ4v) is 2.41. The van der Waals surface area contributed by atoms with E-state index in [1.54, 1.807) is 0 Å². The van der Waals surface area contributed by atoms with E-state index in [4.69, 9.17) is 4.52 Å². The summed E-state index contributed by atoms with van der Waals surface area (Å²) < 4.78 is 5.41. The molecule has 0 fully saturated rings. The highest BCUT2D eigenvalue weighted by Gasteiger charge is 2.28. The lowest BCUT2D eigenvalue weighted by atomic mass is 9.82. The van der Waals surface area contributed by atoms with Crippen LogP contribution < -0.4 is 5.32 Å². The van der Waals surface area contributed by atoms with E-state index in [2.05, 4.69) is 24.3 Å². The first-order valence-corrected chi connectivity index (χ1v) is 5.34. The third kappa shape index (κ3) is 1.57. The van der Waals surface area contributed by atoms with Gasteiger partial charge in [0.15, 0.2) is 0 Å². The van der Waals surface area contributed by atoms with E-state index in [1.165, 1.54) is 12.0 Å². The lowest BCUT2D eigenvalue weighted by Gasteiger charge is -2.22. The van der Waals surface area contributed by atoms with Crippen molar-refractivity contribution in [3.63, 3.8) is 0 Å². The topological polar surface area (TPSA) is 38.1 Å². The predicted octanol–water partition coefficient (Wildman–Crippen LogP) is 2.08. The molecular formula is C11H18N2O. The average Bonchev–Trinajstić information content (AvgIpc) is 2.49. The minimum Gasteiger partial charge on any atom is -0.361 e. The number of nitrogens with one attached hydrogen (secondary N) is 1. The highest BCUT2D eigenvalue weighted by Crippen LogP contribution is 2.35. The second kappa shape index (κ2) is 3.73. The van der Waals surface area contributed by atoms with Crippen LogP contribution in [0.1, 0.15) is 43.2 Å². The fourth-order valence-electron chi connectivity index (χ4n) is 2.41. The summed E-state index contributed by atoms with van der Waals surface area (Å²) in [5.74, 6) is 2.41. The van der Waals surface area contributed by atoms with Gasteiger partial charge in [-0.15, -0.1) is 0 Å². The monoisotopic (exact) mass is 194 g/mol. The van der Waals surface area contributed by atoms with Gasteiger partial charge >= 0.3 is 0 Å². The Morgan fingerprint density at radius 2 is 2.29 bits per heavy atom. The van der Waals surface area contributed by atoms with Crippen molar-refractivity contribution in [3.8, 4) is 0 Å². The van der Waals surface area contributed by atoms with E-state index in [0.717, 1.165) is 30.3 Å². The van der Waals surface area contributed by atoms with E-state index in [9.17, 15) is 0 Å². The van der Waals surface area contributed by atoms with Crippen molar-refractivity contribution in [1.29, 1.82) is 0 Å². The van der Waals surface area contributed by atoms with Crippen LogP contribution in [0.3, 0.4) is 0 Å². The van der Waals surface area contributed by atoms with Crippen molar-refractivity contribution >= 4 is 0 Å². The Bertz CT molecular complexity index is 319. The number of fused-ring (bicyclic) bond motifs is 1. The van der Waals surface area contributed by atoms with E-state index >= 15 is 0 Å². The smallest absolute Gasteiger partial charge is 0.143 e. The maximum Gasteiger partial charge on any atom is 0.143 e. The summed E-state index contributed by atoms with van der Waals surface area (Å²) in [4.78, 5) is 0. The molecule has 0 saturated heterocycles. The molecule has 2 rings (SSSR count). The Morgan fingerprint density at radius 3 is 3.00 bits per heavy atom. The highest BCUT2D eigenvalue weighted by atomic mass is 16.5. The van der Waals surface area contributed by atoms with Crippen molar-refractivity contribution in [1.82, 2.24) is 10.5 Å². The van der Waals surface area contributed by atoms with Crippen LogP contribution >= 0.6 is 0 Å². The van der Waals surface area contributed by atoms with E-state index < -0.39 is 0 Å². The molecule has 1 aromatic heterocycles. The van der Waals surface area contributed by atoms with E-state index in [1.807, 2.05) is 7.05 Å². The van der Waals surface area contributed by atoms with Crippen molar-refractivity contribution in [2.75, 3.05) is 7.05 Å². The molecule has 14 heavy (non-hydrogen) atoms. The standard InChI is InChI=1S/C11H18N2O/c1-7-4-8(2)11-9(5-7)10(6-12-3)13-14-11/h7-8,12H,4-6H2,1-3H3. The van der Waals surface area contributed by atoms with Crippen molar-refractivity contribution in [2.24, 2.45) is 5.92 Å². The third-order valence-electron chi connectivity index (χ3n) is 3.00. The van der Waals surface area contributed by atoms with Crippen LogP contribution in [0.4, 0.5) is 0 Å². The molecule has 78 valence electrons. The zero-order valence-electron chi connectivity index (χ0n) is 9.13. The van der Waals surface area contributed by atoms with Gasteiger partial charge in [0, 0.05) is 18.0 Å². The molecule has 2 unspecified atom stereocenters. The van der Waals surface area contributed by atoms with Crippen LogP contribution in [0, 0.1) is 5.92 Å². The molecule has 1 aliphatic rings. The molecule has 0 spiro atoms. The molecule has 1 aromatic rings. The molecule has 2 atom stereocenters. The van der Waals surface area contributed by atoms with Gasteiger partial charge in [0.1, 0.15) is 11.5 Å². The summed E-state index contributed by atoms with van der Waals surface area (Å²) in [5, 5.41) is 7.26. The average molecular weight is 194 g/mol. The van der Waals surface area contributed by atoms with Crippen LogP contribution in [-0.4, -0.2) is 12.2 Å². The van der Waals surface area contributed by atoms with Crippen molar-refractivity contribution in [2.45, 2.75) is 39.2 Å². The first kappa shape index (κ1) is 9.71. The van der Waals surface area contributed by atoms with E-state index in [-0.39, 0.29) is 0 Å². The van der Waals surface area contributed by atoms with Gasteiger partial charge in [-0.2, -0.15) is 0 Å². The Morgan fingerprint density at radius 1 is 1.50 bits per heavy atom. The van der Waals surface area contributed by atoms with Crippen molar-refractivity contribution < 1.29 is 4.52 Å². The molecule has 3 nitrogen and oxygen atoms in total. The normalized spacial score (nSPS) is 26.2. The number of hydrogen-bond donors (Lipinski definition) is 1. The molecule has 3 heteroatoms. The van der Waals surface area contributed by atoms with Gasteiger partial charge in [-0.3, -0.25) is 0 Å². The maximum absolute atomic E-state index is 5.41. The molecule has 0 saturated carbocycles. The zero-order chi connectivity index (χ0) is 10.1. The lowest BCUT2D eigenvalue weighted by Crippen LogP contribution is -2.16. The predicted molar refractivity (Wildman–Crippen MR) is 55.2 cm³/mol. The summed E-state index contributed by atoms with van der Waals surface area (Å²) in [5.41, 5.74) is 2.45. The lowest BCUT2D eigenvalue weighted by molar-refractivity contribution is 0.324. The van der Waals surface area contributed by atoms with Crippen LogP contribution in [0.5, 0.6) is 0 Å². The Labute approximate surface area is 84.9 Å². The van der Waals surface area contributed by atoms with Gasteiger partial charge in [-0.05, 0) is 25.8 Å². The molecule has 1 N–H and O–H groups in total. The van der Waals surface area contributed by atoms with Crippen LogP contribution in [0.25, 0.3) is 0 Å². The van der Waals surface area contributed by atoms with Gasteiger partial charge in [-0.1, -0.05) is 19.0 Å². The summed E-state index contributed by atoms with van der Waals surface area (Å²) in [6.45, 7) is 5.34. The summed E-state index contributed by atoms with van der Waals surface area (Å²) in [6, 6.07) is 0. The van der Waals surface area contributed by atoms with Gasteiger partial charge in [-0.25, -0.2) is 0 Å². The number of aromatic nitrogens is 1. The second-order valence-electron chi connectivity index (χ2n) is 4.45. The molecule has 1 aliphatic carbocycles. The van der Waals surface area contributed by atoms with Crippen LogP contribution in [0.2, 0.25) is 0 Å². The Hall–Kier alpha value is -0.830. The highest BCUT2D eigenvalue weighted by molar-refractivity contribution is 5.28. The first-order chi connectivity index (χ1) is 6.72. The Balaban J connectivity index is 2.31. The minimum absolute atomic E-state index is 0.534. The molecule has 0 radical (unpaired) electrons. The van der Waals surface area contributed by atoms with Gasteiger partial charge in [0.05, 0.1) is 0 Å². The fraction of sp³-hybridized carbons (Fsp3) is 0.727. The second-order valence-corrected chi connectivity index (χ2v) is 4.45. The molecule has 0 aliphatic heterocycles. The SMILES string of the molecule is CNCc1noc2c1CC(C)CC2C. The molecule has 0 amide bonds. The largest absolute Gasteiger partial charge is 0.361 e.